The van der Waals surface area contributed by atoms with Crippen molar-refractivity contribution in [1.82, 2.24) is 9.78 Å². The van der Waals surface area contributed by atoms with Gasteiger partial charge in [0.2, 0.25) is 5.91 Å². The van der Waals surface area contributed by atoms with Crippen molar-refractivity contribution in [3.63, 3.8) is 0 Å². The number of nitrogens with two attached hydrogens (primary N) is 1. The first-order valence-electron chi connectivity index (χ1n) is 6.22. The average Bonchev–Trinajstić information content (AvgIpc) is 2.86. The zero-order valence-corrected chi connectivity index (χ0v) is 12.1. The average molecular weight is 294 g/mol. The van der Waals surface area contributed by atoms with Crippen molar-refractivity contribution < 1.29 is 9.53 Å². The number of hydrogen-bond acceptors (Lipinski definition) is 3. The van der Waals surface area contributed by atoms with Gasteiger partial charge in [-0.05, 0) is 26.0 Å². The quantitative estimate of drug-likeness (QED) is 0.921. The van der Waals surface area contributed by atoms with Crippen LogP contribution in [-0.4, -0.2) is 15.7 Å². The van der Waals surface area contributed by atoms with E-state index in [0.717, 1.165) is 5.56 Å². The maximum atomic E-state index is 11.0. The minimum atomic E-state index is -0.502. The Labute approximate surface area is 122 Å². The molecule has 0 spiro atoms. The summed E-state index contributed by atoms with van der Waals surface area (Å²) in [5, 5.41) is 4.64. The van der Waals surface area contributed by atoms with Crippen molar-refractivity contribution in [3.8, 4) is 5.75 Å². The Morgan fingerprint density at radius 2 is 2.25 bits per heavy atom. The summed E-state index contributed by atoms with van der Waals surface area (Å²) < 4.78 is 7.43. The highest BCUT2D eigenvalue weighted by Crippen LogP contribution is 2.20. The molecule has 0 fully saturated rings. The smallest absolute Gasteiger partial charge is 0.248 e. The van der Waals surface area contributed by atoms with Gasteiger partial charge in [-0.3, -0.25) is 9.48 Å². The van der Waals surface area contributed by atoms with Crippen LogP contribution >= 0.6 is 11.6 Å². The second-order valence-electron chi connectivity index (χ2n) is 4.71. The fourth-order valence-corrected chi connectivity index (χ4v) is 1.89. The second-order valence-corrected chi connectivity index (χ2v) is 5.12. The molecule has 0 atom stereocenters. The minimum absolute atomic E-state index is 0.283. The molecule has 0 aliphatic carbocycles. The van der Waals surface area contributed by atoms with Gasteiger partial charge in [-0.2, -0.15) is 5.10 Å². The molecule has 5 nitrogen and oxygen atoms in total. The first-order valence-corrected chi connectivity index (χ1v) is 6.60. The molecule has 2 aromatic rings. The Bertz CT molecular complexity index is 623. The highest BCUT2D eigenvalue weighted by Gasteiger charge is 2.07. The lowest BCUT2D eigenvalue weighted by atomic mass is 10.1. The van der Waals surface area contributed by atoms with Crippen LogP contribution in [0, 0.1) is 0 Å². The van der Waals surface area contributed by atoms with E-state index in [1.165, 1.54) is 0 Å². The largest absolute Gasteiger partial charge is 0.486 e. The van der Waals surface area contributed by atoms with E-state index in [2.05, 4.69) is 5.10 Å². The van der Waals surface area contributed by atoms with Crippen LogP contribution in [0.4, 0.5) is 0 Å². The molecule has 0 saturated carbocycles. The maximum Gasteiger partial charge on any atom is 0.248 e. The van der Waals surface area contributed by atoms with E-state index in [1.54, 1.807) is 24.4 Å². The molecule has 1 amide bonds. The Morgan fingerprint density at radius 1 is 1.50 bits per heavy atom. The number of carbonyl (C=O) groups is 1. The summed E-state index contributed by atoms with van der Waals surface area (Å²) in [4.78, 5) is 11.0. The number of ether oxygens (including phenoxy) is 1. The third-order valence-corrected chi connectivity index (χ3v) is 3.19. The van der Waals surface area contributed by atoms with Crippen molar-refractivity contribution in [2.45, 2.75) is 26.5 Å². The monoisotopic (exact) mass is 293 g/mol. The van der Waals surface area contributed by atoms with Crippen LogP contribution in [0.1, 0.15) is 35.8 Å². The van der Waals surface area contributed by atoms with Crippen LogP contribution in [0.2, 0.25) is 5.02 Å². The van der Waals surface area contributed by atoms with Crippen molar-refractivity contribution in [3.05, 3.63) is 46.7 Å². The van der Waals surface area contributed by atoms with Crippen LogP contribution in [0.5, 0.6) is 5.75 Å². The third-order valence-electron chi connectivity index (χ3n) is 2.84. The van der Waals surface area contributed by atoms with Crippen LogP contribution < -0.4 is 10.5 Å². The van der Waals surface area contributed by atoms with Crippen LogP contribution in [0.25, 0.3) is 0 Å². The normalized spacial score (nSPS) is 10.8. The molecule has 0 aliphatic rings. The van der Waals surface area contributed by atoms with E-state index in [-0.39, 0.29) is 6.04 Å². The van der Waals surface area contributed by atoms with Gasteiger partial charge in [0.15, 0.2) is 5.75 Å². The number of primary amides is 1. The standard InChI is InChI=1S/C14H16ClN3O2/c1-9(2)18-7-12(6-17-18)20-8-11-4-3-10(14(16)19)5-13(11)15/h3-7,9H,8H2,1-2H3,(H2,16,19). The summed E-state index contributed by atoms with van der Waals surface area (Å²) in [6.45, 7) is 4.38. The van der Waals surface area contributed by atoms with E-state index in [1.807, 2.05) is 24.7 Å². The molecule has 2 rings (SSSR count). The zero-order valence-electron chi connectivity index (χ0n) is 11.3. The van der Waals surface area contributed by atoms with E-state index in [0.29, 0.717) is 22.9 Å². The third kappa shape index (κ3) is 3.30. The van der Waals surface area contributed by atoms with E-state index in [4.69, 9.17) is 22.1 Å². The summed E-state index contributed by atoms with van der Waals surface area (Å²) in [5.74, 6) is 0.173. The van der Waals surface area contributed by atoms with Gasteiger partial charge in [0.1, 0.15) is 6.61 Å². The molecule has 106 valence electrons. The molecular weight excluding hydrogens is 278 g/mol. The number of amides is 1. The van der Waals surface area contributed by atoms with Crippen molar-refractivity contribution in [2.24, 2.45) is 5.73 Å². The molecule has 1 heterocycles. The van der Waals surface area contributed by atoms with Gasteiger partial charge >= 0.3 is 0 Å². The molecule has 0 bridgehead atoms. The second kappa shape index (κ2) is 5.96. The van der Waals surface area contributed by atoms with Crippen LogP contribution in [-0.2, 0) is 6.61 Å². The van der Waals surface area contributed by atoms with Gasteiger partial charge in [0.25, 0.3) is 0 Å². The van der Waals surface area contributed by atoms with Crippen LogP contribution in [0.3, 0.4) is 0 Å². The van der Waals surface area contributed by atoms with Gasteiger partial charge < -0.3 is 10.5 Å². The maximum absolute atomic E-state index is 11.0. The van der Waals surface area contributed by atoms with E-state index >= 15 is 0 Å². The minimum Gasteiger partial charge on any atom is -0.486 e. The Hall–Kier alpha value is -2.01. The number of halogens is 1. The number of nitrogens with zero attached hydrogens (tertiary/aromatic N) is 2. The summed E-state index contributed by atoms with van der Waals surface area (Å²) in [5.41, 5.74) is 6.36. The lowest BCUT2D eigenvalue weighted by molar-refractivity contribution is 0.1000. The lowest BCUT2D eigenvalue weighted by Crippen LogP contribution is -2.11. The summed E-state index contributed by atoms with van der Waals surface area (Å²) >= 11 is 6.09. The summed E-state index contributed by atoms with van der Waals surface area (Å²) in [7, 11) is 0. The van der Waals surface area contributed by atoms with Crippen molar-refractivity contribution in [1.29, 1.82) is 0 Å². The number of benzene rings is 1. The Kier molecular flexibility index (Phi) is 4.29. The Morgan fingerprint density at radius 3 is 2.80 bits per heavy atom. The first kappa shape index (κ1) is 14.4. The molecule has 0 unspecified atom stereocenters. The summed E-state index contributed by atoms with van der Waals surface area (Å²) in [6.07, 6.45) is 3.49. The highest BCUT2D eigenvalue weighted by atomic mass is 35.5. The fraction of sp³-hybridized carbons (Fsp3) is 0.286. The highest BCUT2D eigenvalue weighted by molar-refractivity contribution is 6.31. The summed E-state index contributed by atoms with van der Waals surface area (Å²) in [6, 6.07) is 5.19. The molecule has 2 N–H and O–H groups in total. The Balaban J connectivity index is 2.05. The number of aromatic nitrogens is 2. The number of hydrogen-bond donors (Lipinski definition) is 1. The van der Waals surface area contributed by atoms with Crippen LogP contribution in [0.15, 0.2) is 30.6 Å². The fourth-order valence-electron chi connectivity index (χ4n) is 1.66. The van der Waals surface area contributed by atoms with Gasteiger partial charge in [0.05, 0.1) is 12.4 Å². The molecule has 20 heavy (non-hydrogen) atoms. The van der Waals surface area contributed by atoms with Gasteiger partial charge in [-0.15, -0.1) is 0 Å². The van der Waals surface area contributed by atoms with Gasteiger partial charge in [0, 0.05) is 22.2 Å². The van der Waals surface area contributed by atoms with Crippen molar-refractivity contribution >= 4 is 17.5 Å². The molecular formula is C14H16ClN3O2. The van der Waals surface area contributed by atoms with E-state index < -0.39 is 5.91 Å². The predicted molar refractivity (Wildman–Crippen MR) is 76.9 cm³/mol. The first-order chi connectivity index (χ1) is 9.47. The number of carbonyl (C=O) groups excluding carboxylic acids is 1. The SMILES string of the molecule is CC(C)n1cc(OCc2ccc(C(N)=O)cc2Cl)cn1. The lowest BCUT2D eigenvalue weighted by Gasteiger charge is -2.07. The molecule has 1 aromatic carbocycles. The van der Waals surface area contributed by atoms with Crippen molar-refractivity contribution in [2.75, 3.05) is 0 Å². The van der Waals surface area contributed by atoms with Gasteiger partial charge in [-0.25, -0.2) is 0 Å². The molecule has 6 heteroatoms. The zero-order chi connectivity index (χ0) is 14.7. The molecule has 0 aliphatic heterocycles. The molecule has 0 saturated heterocycles. The number of rotatable bonds is 5. The van der Waals surface area contributed by atoms with Gasteiger partial charge in [-0.1, -0.05) is 17.7 Å². The topological polar surface area (TPSA) is 70.1 Å². The molecule has 0 radical (unpaired) electrons. The predicted octanol–water partition coefficient (Wildman–Crippen LogP) is 2.80. The van der Waals surface area contributed by atoms with E-state index in [9.17, 15) is 4.79 Å². The molecule has 1 aromatic heterocycles.